The molecule has 1 unspecified atom stereocenters. The van der Waals surface area contributed by atoms with Gasteiger partial charge in [0.25, 0.3) is 0 Å². The maximum Gasteiger partial charge on any atom is 0.472 e. The van der Waals surface area contributed by atoms with Crippen LogP contribution in [0.3, 0.4) is 0 Å². The summed E-state index contributed by atoms with van der Waals surface area (Å²) in [5, 5.41) is 8.87. The second-order valence-electron chi connectivity index (χ2n) is 14.5. The van der Waals surface area contributed by atoms with Crippen LogP contribution in [0.5, 0.6) is 0 Å². The zero-order valence-electron chi connectivity index (χ0n) is 33.6. The Morgan fingerprint density at radius 1 is 0.566 bits per heavy atom. The van der Waals surface area contributed by atoms with Crippen molar-refractivity contribution in [3.63, 3.8) is 0 Å². The van der Waals surface area contributed by atoms with Crippen molar-refractivity contribution in [3.8, 4) is 0 Å². The number of phosphoric acid groups is 1. The van der Waals surface area contributed by atoms with Crippen LogP contribution in [0.2, 0.25) is 0 Å². The smallest absolute Gasteiger partial charge is 0.472 e. The summed E-state index contributed by atoms with van der Waals surface area (Å²) in [7, 11) is -4.71. The van der Waals surface area contributed by atoms with E-state index in [0.717, 1.165) is 57.8 Å². The molecule has 0 aromatic carbocycles. The quantitative estimate of drug-likeness (QED) is 0.0234. The normalized spacial score (nSPS) is 13.9. The Morgan fingerprint density at radius 2 is 0.962 bits per heavy atom. The molecule has 4 N–H and O–H groups in total. The molecule has 0 saturated carbocycles. The summed E-state index contributed by atoms with van der Waals surface area (Å²) >= 11 is 0. The Labute approximate surface area is 322 Å². The van der Waals surface area contributed by atoms with Crippen molar-refractivity contribution in [2.75, 3.05) is 19.8 Å². The van der Waals surface area contributed by atoms with Crippen molar-refractivity contribution >= 4 is 25.7 Å². The number of rotatable bonds is 40. The number of hydrogen-bond donors (Lipinski definition) is 3. The molecule has 0 aliphatic heterocycles. The molecule has 11 nitrogen and oxygen atoms in total. The van der Waals surface area contributed by atoms with E-state index < -0.39 is 51.1 Å². The predicted octanol–water partition coefficient (Wildman–Crippen LogP) is 10.9. The lowest BCUT2D eigenvalue weighted by molar-refractivity contribution is -0.161. The van der Waals surface area contributed by atoms with Crippen molar-refractivity contribution in [1.82, 2.24) is 0 Å². The highest BCUT2D eigenvalue weighted by Crippen LogP contribution is 2.43. The molecule has 0 radical (unpaired) electrons. The average Bonchev–Trinajstić information content (AvgIpc) is 3.13. The molecule has 12 heteroatoms. The number of unbranched alkanes of at least 4 members (excludes halogenated alkanes) is 24. The van der Waals surface area contributed by atoms with Crippen molar-refractivity contribution < 1.29 is 47.5 Å². The summed E-state index contributed by atoms with van der Waals surface area (Å²) in [6.07, 6.45) is 35.7. The lowest BCUT2D eigenvalue weighted by Gasteiger charge is -2.20. The number of phosphoric ester groups is 1. The fraction of sp³-hybridized carbons (Fsp3) is 0.878. The monoisotopic (exact) mass is 776 g/mol. The average molecular weight is 776 g/mol. The van der Waals surface area contributed by atoms with Crippen LogP contribution >= 0.6 is 7.82 Å². The number of hydrogen-bond acceptors (Lipinski definition) is 9. The SMILES string of the molecule is CCCC/C=C/CCCCCCCC(=O)O[C@@H](COC(=O)CCCCCCCCCCCCCCCCCCCC)COP(=O)(O)OC[C@@H](N)C(=O)O. The number of carbonyl (C=O) groups is 3. The van der Waals surface area contributed by atoms with E-state index in [9.17, 15) is 23.8 Å². The van der Waals surface area contributed by atoms with Crippen molar-refractivity contribution in [2.24, 2.45) is 5.73 Å². The van der Waals surface area contributed by atoms with Crippen LogP contribution in [-0.4, -0.2) is 59.9 Å². The minimum Gasteiger partial charge on any atom is -0.480 e. The largest absolute Gasteiger partial charge is 0.480 e. The topological polar surface area (TPSA) is 172 Å². The summed E-state index contributed by atoms with van der Waals surface area (Å²) in [5.41, 5.74) is 5.32. The van der Waals surface area contributed by atoms with Gasteiger partial charge in [-0.15, -0.1) is 0 Å². The van der Waals surface area contributed by atoms with Gasteiger partial charge in [0.15, 0.2) is 6.10 Å². The molecular weight excluding hydrogens is 697 g/mol. The molecule has 312 valence electrons. The minimum absolute atomic E-state index is 0.154. The molecule has 0 bridgehead atoms. The first-order chi connectivity index (χ1) is 25.6. The van der Waals surface area contributed by atoms with Crippen LogP contribution in [0.25, 0.3) is 0 Å². The van der Waals surface area contributed by atoms with Crippen LogP contribution in [0.1, 0.15) is 200 Å². The van der Waals surface area contributed by atoms with Crippen LogP contribution in [0, 0.1) is 0 Å². The maximum atomic E-state index is 12.6. The summed E-state index contributed by atoms with van der Waals surface area (Å²) in [6, 6.07) is -1.52. The van der Waals surface area contributed by atoms with Crippen LogP contribution in [0.15, 0.2) is 12.2 Å². The molecular formula is C41H78NO10P. The first-order valence-corrected chi connectivity index (χ1v) is 22.7. The fourth-order valence-electron chi connectivity index (χ4n) is 5.87. The first-order valence-electron chi connectivity index (χ1n) is 21.2. The molecule has 0 aromatic heterocycles. The molecule has 0 heterocycles. The maximum absolute atomic E-state index is 12.6. The fourth-order valence-corrected chi connectivity index (χ4v) is 6.65. The highest BCUT2D eigenvalue weighted by atomic mass is 31.2. The van der Waals surface area contributed by atoms with Gasteiger partial charge >= 0.3 is 25.7 Å². The second-order valence-corrected chi connectivity index (χ2v) is 15.9. The third kappa shape index (κ3) is 36.9. The number of carboxylic acid groups (broad SMARTS) is 1. The van der Waals surface area contributed by atoms with Crippen LogP contribution < -0.4 is 5.73 Å². The Balaban J connectivity index is 4.29. The highest BCUT2D eigenvalue weighted by Gasteiger charge is 2.28. The van der Waals surface area contributed by atoms with E-state index in [1.54, 1.807) is 0 Å². The van der Waals surface area contributed by atoms with E-state index in [0.29, 0.717) is 12.8 Å². The molecule has 0 aliphatic carbocycles. The van der Waals surface area contributed by atoms with Crippen molar-refractivity contribution in [1.29, 1.82) is 0 Å². The van der Waals surface area contributed by atoms with Crippen LogP contribution in [-0.2, 0) is 37.5 Å². The van der Waals surface area contributed by atoms with Gasteiger partial charge in [0.2, 0.25) is 0 Å². The lowest BCUT2D eigenvalue weighted by Crippen LogP contribution is -2.34. The van der Waals surface area contributed by atoms with Crippen molar-refractivity contribution in [3.05, 3.63) is 12.2 Å². The third-order valence-electron chi connectivity index (χ3n) is 9.26. The van der Waals surface area contributed by atoms with Gasteiger partial charge in [-0.3, -0.25) is 23.4 Å². The van der Waals surface area contributed by atoms with Crippen LogP contribution in [0.4, 0.5) is 0 Å². The van der Waals surface area contributed by atoms with E-state index in [4.69, 9.17) is 24.8 Å². The van der Waals surface area contributed by atoms with E-state index >= 15 is 0 Å². The Kier molecular flexibility index (Phi) is 35.9. The Bertz CT molecular complexity index is 963. The van der Waals surface area contributed by atoms with Gasteiger partial charge in [-0.1, -0.05) is 167 Å². The summed E-state index contributed by atoms with van der Waals surface area (Å²) in [6.45, 7) is 2.77. The standard InChI is InChI=1S/C41H78NO10P/c1-3-5-7-9-11-13-15-16-17-18-19-20-21-23-24-26-28-30-32-39(43)49-34-37(35-50-53(47,48)51-36-38(42)41(45)46)52-40(44)33-31-29-27-25-22-14-12-10-8-6-4-2/h10,12,37-38H,3-9,11,13-36,42H2,1-2H3,(H,45,46)(H,47,48)/b12-10+/t37-,38+/m0/s1. The summed E-state index contributed by atoms with van der Waals surface area (Å²) in [4.78, 5) is 45.8. The number of carbonyl (C=O) groups excluding carboxylic acids is 2. The van der Waals surface area contributed by atoms with Crippen molar-refractivity contribution in [2.45, 2.75) is 212 Å². The Hall–Kier alpha value is -1.78. The molecule has 0 aromatic rings. The van der Waals surface area contributed by atoms with E-state index in [-0.39, 0.29) is 19.4 Å². The van der Waals surface area contributed by atoms with Gasteiger partial charge in [-0.05, 0) is 32.1 Å². The Morgan fingerprint density at radius 3 is 1.43 bits per heavy atom. The second kappa shape index (κ2) is 37.2. The van der Waals surface area contributed by atoms with E-state index in [1.165, 1.54) is 103 Å². The molecule has 0 saturated heterocycles. The van der Waals surface area contributed by atoms with E-state index in [1.807, 2.05) is 0 Å². The number of nitrogens with two attached hydrogens (primary N) is 1. The van der Waals surface area contributed by atoms with Gasteiger partial charge in [-0.25, -0.2) is 4.57 Å². The minimum atomic E-state index is -4.71. The highest BCUT2D eigenvalue weighted by molar-refractivity contribution is 7.47. The number of carboxylic acids is 1. The molecule has 0 rings (SSSR count). The first kappa shape index (κ1) is 51.2. The zero-order chi connectivity index (χ0) is 39.3. The van der Waals surface area contributed by atoms with Gasteiger partial charge < -0.3 is 25.2 Å². The van der Waals surface area contributed by atoms with Gasteiger partial charge in [0.1, 0.15) is 12.6 Å². The molecule has 53 heavy (non-hydrogen) atoms. The number of esters is 2. The number of ether oxygens (including phenoxy) is 2. The molecule has 0 aliphatic rings. The summed E-state index contributed by atoms with van der Waals surface area (Å²) in [5.74, 6) is -2.38. The van der Waals surface area contributed by atoms with Gasteiger partial charge in [0.05, 0.1) is 13.2 Å². The van der Waals surface area contributed by atoms with Gasteiger partial charge in [-0.2, -0.15) is 0 Å². The van der Waals surface area contributed by atoms with E-state index in [2.05, 4.69) is 30.5 Å². The number of aliphatic carboxylic acids is 1. The molecule has 0 spiro atoms. The van der Waals surface area contributed by atoms with Gasteiger partial charge in [0, 0.05) is 12.8 Å². The number of allylic oxidation sites excluding steroid dienone is 2. The molecule has 3 atom stereocenters. The lowest BCUT2D eigenvalue weighted by atomic mass is 10.0. The predicted molar refractivity (Wildman–Crippen MR) is 213 cm³/mol. The third-order valence-corrected chi connectivity index (χ3v) is 10.2. The molecule has 0 amide bonds. The summed E-state index contributed by atoms with van der Waals surface area (Å²) < 4.78 is 32.6. The zero-order valence-corrected chi connectivity index (χ0v) is 34.5. The molecule has 0 fully saturated rings.